The van der Waals surface area contributed by atoms with E-state index >= 15 is 0 Å². The number of halogens is 1. The van der Waals surface area contributed by atoms with Crippen LogP contribution in [0.3, 0.4) is 0 Å². The zero-order valence-electron chi connectivity index (χ0n) is 6.67. The molecule has 2 N–H and O–H groups in total. The Morgan fingerprint density at radius 2 is 1.58 bits per heavy atom. The predicted octanol–water partition coefficient (Wildman–Crippen LogP) is 0.215. The first-order chi connectivity index (χ1) is 5.69. The summed E-state index contributed by atoms with van der Waals surface area (Å²) in [4.78, 5) is 6.98. The number of rotatable bonds is 2. The molecule has 1 aromatic heterocycles. The van der Waals surface area contributed by atoms with Crippen molar-refractivity contribution in [3.63, 3.8) is 0 Å². The van der Waals surface area contributed by atoms with Gasteiger partial charge >= 0.3 is 0 Å². The Balaban J connectivity index is 3.22. The van der Waals surface area contributed by atoms with Crippen LogP contribution in [0, 0.1) is 5.82 Å². The number of methoxy groups -OCH3 is 2. The smallest absolute Gasteiger partial charge is 0.259 e. The van der Waals surface area contributed by atoms with Crippen LogP contribution < -0.4 is 15.2 Å². The molecule has 0 unspecified atom stereocenters. The summed E-state index contributed by atoms with van der Waals surface area (Å²) >= 11 is 0. The third-order valence-corrected chi connectivity index (χ3v) is 1.19. The molecule has 1 heterocycles. The molecular formula is C6H8FN3O2. The highest BCUT2D eigenvalue weighted by Gasteiger charge is 2.13. The summed E-state index contributed by atoms with van der Waals surface area (Å²) in [6.07, 6.45) is 0. The first kappa shape index (κ1) is 8.51. The molecule has 0 spiro atoms. The van der Waals surface area contributed by atoms with Gasteiger partial charge in [-0.2, -0.15) is 14.4 Å². The second-order valence-electron chi connectivity index (χ2n) is 1.91. The molecule has 0 aliphatic rings. The summed E-state index contributed by atoms with van der Waals surface area (Å²) in [6, 6.07) is 0. The summed E-state index contributed by atoms with van der Waals surface area (Å²) in [6.45, 7) is 0. The highest BCUT2D eigenvalue weighted by Crippen LogP contribution is 2.22. The van der Waals surface area contributed by atoms with Crippen molar-refractivity contribution in [3.8, 4) is 11.8 Å². The first-order valence-electron chi connectivity index (χ1n) is 3.10. The van der Waals surface area contributed by atoms with Crippen molar-refractivity contribution in [2.24, 2.45) is 0 Å². The van der Waals surface area contributed by atoms with E-state index in [0.29, 0.717) is 0 Å². The van der Waals surface area contributed by atoms with E-state index in [1.54, 1.807) is 0 Å². The van der Waals surface area contributed by atoms with E-state index in [4.69, 9.17) is 5.73 Å². The van der Waals surface area contributed by atoms with Gasteiger partial charge in [0.05, 0.1) is 14.2 Å². The van der Waals surface area contributed by atoms with Crippen LogP contribution in [0.4, 0.5) is 10.3 Å². The van der Waals surface area contributed by atoms with Crippen molar-refractivity contribution in [1.82, 2.24) is 9.97 Å². The maximum absolute atomic E-state index is 13.0. The van der Waals surface area contributed by atoms with E-state index in [1.807, 2.05) is 0 Å². The fourth-order valence-electron chi connectivity index (χ4n) is 0.693. The van der Waals surface area contributed by atoms with Gasteiger partial charge in [-0.3, -0.25) is 0 Å². The summed E-state index contributed by atoms with van der Waals surface area (Å²) in [5, 5.41) is 0. The largest absolute Gasteiger partial charge is 0.479 e. The normalized spacial score (nSPS) is 9.58. The van der Waals surface area contributed by atoms with E-state index in [2.05, 4.69) is 19.4 Å². The second-order valence-corrected chi connectivity index (χ2v) is 1.91. The van der Waals surface area contributed by atoms with Gasteiger partial charge in [0.15, 0.2) is 0 Å². The van der Waals surface area contributed by atoms with E-state index in [1.165, 1.54) is 14.2 Å². The number of hydrogen-bond donors (Lipinski definition) is 1. The molecule has 0 saturated heterocycles. The van der Waals surface area contributed by atoms with Crippen LogP contribution in [0.1, 0.15) is 0 Å². The van der Waals surface area contributed by atoms with Gasteiger partial charge in [-0.25, -0.2) is 0 Å². The molecule has 0 saturated carbocycles. The van der Waals surface area contributed by atoms with Crippen molar-refractivity contribution < 1.29 is 13.9 Å². The maximum atomic E-state index is 13.0. The van der Waals surface area contributed by atoms with Gasteiger partial charge in [0, 0.05) is 0 Å². The quantitative estimate of drug-likeness (QED) is 0.692. The van der Waals surface area contributed by atoms with Crippen molar-refractivity contribution in [2.75, 3.05) is 20.0 Å². The highest BCUT2D eigenvalue weighted by atomic mass is 19.1. The Kier molecular flexibility index (Phi) is 2.27. The Labute approximate surface area is 68.3 Å². The lowest BCUT2D eigenvalue weighted by Gasteiger charge is -2.04. The van der Waals surface area contributed by atoms with Crippen LogP contribution in [0.15, 0.2) is 0 Å². The minimum absolute atomic E-state index is 0.0925. The number of aromatic nitrogens is 2. The lowest BCUT2D eigenvalue weighted by molar-refractivity contribution is 0.329. The van der Waals surface area contributed by atoms with Gasteiger partial charge in [0.25, 0.3) is 11.8 Å². The molecule has 0 aromatic carbocycles. The molecule has 0 atom stereocenters. The van der Waals surface area contributed by atoms with Gasteiger partial charge < -0.3 is 15.2 Å². The number of hydrogen-bond acceptors (Lipinski definition) is 5. The Bertz CT molecular complexity index is 267. The fraction of sp³-hybridized carbons (Fsp3) is 0.333. The van der Waals surface area contributed by atoms with Gasteiger partial charge in [-0.05, 0) is 0 Å². The number of anilines is 1. The zero-order valence-corrected chi connectivity index (χ0v) is 6.67. The summed E-state index contributed by atoms with van der Waals surface area (Å²) in [5.41, 5.74) is 5.23. The van der Waals surface area contributed by atoms with Crippen molar-refractivity contribution >= 4 is 5.95 Å². The van der Waals surface area contributed by atoms with Crippen LogP contribution in [-0.2, 0) is 0 Å². The molecule has 66 valence electrons. The molecule has 0 fully saturated rings. The number of ether oxygens (including phenoxy) is 2. The molecular weight excluding hydrogens is 165 g/mol. The van der Waals surface area contributed by atoms with Gasteiger partial charge in [0.2, 0.25) is 11.8 Å². The highest BCUT2D eigenvalue weighted by molar-refractivity contribution is 5.31. The van der Waals surface area contributed by atoms with Gasteiger partial charge in [-0.15, -0.1) is 0 Å². The van der Waals surface area contributed by atoms with Crippen LogP contribution in [0.25, 0.3) is 0 Å². The molecule has 0 bridgehead atoms. The minimum atomic E-state index is -0.755. The SMILES string of the molecule is COc1nc(N)nc(OC)c1F. The second kappa shape index (κ2) is 3.21. The average molecular weight is 173 g/mol. The molecule has 0 radical (unpaired) electrons. The lowest BCUT2D eigenvalue weighted by atomic mass is 10.5. The third-order valence-electron chi connectivity index (χ3n) is 1.19. The summed E-state index contributed by atoms with van der Waals surface area (Å²) in [7, 11) is 2.56. The van der Waals surface area contributed by atoms with Crippen molar-refractivity contribution in [1.29, 1.82) is 0 Å². The minimum Gasteiger partial charge on any atom is -0.479 e. The van der Waals surface area contributed by atoms with Gasteiger partial charge in [0.1, 0.15) is 0 Å². The monoisotopic (exact) mass is 173 g/mol. The topological polar surface area (TPSA) is 70.3 Å². The molecule has 6 heteroatoms. The molecule has 1 aromatic rings. The van der Waals surface area contributed by atoms with Crippen LogP contribution in [-0.4, -0.2) is 24.2 Å². The molecule has 0 amide bonds. The maximum Gasteiger partial charge on any atom is 0.259 e. The Morgan fingerprint density at radius 3 is 1.92 bits per heavy atom. The Hall–Kier alpha value is -1.59. The summed E-state index contributed by atoms with van der Waals surface area (Å²) < 4.78 is 22.2. The number of nitrogen functional groups attached to an aromatic ring is 1. The van der Waals surface area contributed by atoms with Crippen LogP contribution in [0.2, 0.25) is 0 Å². The molecule has 12 heavy (non-hydrogen) atoms. The molecule has 0 aliphatic carbocycles. The van der Waals surface area contributed by atoms with E-state index in [-0.39, 0.29) is 17.7 Å². The molecule has 1 rings (SSSR count). The van der Waals surface area contributed by atoms with Crippen molar-refractivity contribution in [2.45, 2.75) is 0 Å². The van der Waals surface area contributed by atoms with Crippen LogP contribution in [0.5, 0.6) is 11.8 Å². The molecule has 0 aliphatic heterocycles. The van der Waals surface area contributed by atoms with Gasteiger partial charge in [-0.1, -0.05) is 0 Å². The lowest BCUT2D eigenvalue weighted by Crippen LogP contribution is -2.03. The standard InChI is InChI=1S/C6H8FN3O2/c1-11-4-3(7)5(12-2)10-6(8)9-4/h1-2H3,(H2,8,9,10). The Morgan fingerprint density at radius 1 is 1.17 bits per heavy atom. The van der Waals surface area contributed by atoms with Crippen molar-refractivity contribution in [3.05, 3.63) is 5.82 Å². The predicted molar refractivity (Wildman–Crippen MR) is 39.5 cm³/mol. The van der Waals surface area contributed by atoms with E-state index in [0.717, 1.165) is 0 Å². The first-order valence-corrected chi connectivity index (χ1v) is 3.10. The fourth-order valence-corrected chi connectivity index (χ4v) is 0.693. The average Bonchev–Trinajstić information content (AvgIpc) is 2.08. The third kappa shape index (κ3) is 1.36. The summed E-state index contributed by atoms with van der Waals surface area (Å²) in [5.74, 6) is -1.29. The number of nitrogens with zero attached hydrogens (tertiary/aromatic N) is 2. The van der Waals surface area contributed by atoms with E-state index < -0.39 is 5.82 Å². The number of nitrogens with two attached hydrogens (primary N) is 1. The van der Waals surface area contributed by atoms with E-state index in [9.17, 15) is 4.39 Å². The zero-order chi connectivity index (χ0) is 9.14. The van der Waals surface area contributed by atoms with Crippen LogP contribution >= 0.6 is 0 Å². The molecule has 5 nitrogen and oxygen atoms in total.